The van der Waals surface area contributed by atoms with Crippen LogP contribution >= 0.6 is 7.82 Å². The van der Waals surface area contributed by atoms with Crippen molar-refractivity contribution in [2.45, 2.75) is 321 Å². The van der Waals surface area contributed by atoms with Crippen molar-refractivity contribution >= 4 is 13.7 Å². The van der Waals surface area contributed by atoms with Gasteiger partial charge in [0.2, 0.25) is 5.91 Å². The number of carbonyl (C=O) groups is 1. The second-order valence-corrected chi connectivity index (χ2v) is 26.3. The molecule has 0 aromatic rings. The summed E-state index contributed by atoms with van der Waals surface area (Å²) in [6.07, 6.45) is 94.8. The summed E-state index contributed by atoms with van der Waals surface area (Å²) in [6.45, 7) is 4.56. The molecule has 84 heavy (non-hydrogen) atoms. The Morgan fingerprint density at radius 3 is 1.06 bits per heavy atom. The number of aliphatic hydroxyl groups is 1. The van der Waals surface area contributed by atoms with E-state index >= 15 is 0 Å². The minimum absolute atomic E-state index is 0.00482. The maximum atomic E-state index is 13.0. The van der Waals surface area contributed by atoms with Crippen molar-refractivity contribution in [3.05, 3.63) is 109 Å². The van der Waals surface area contributed by atoms with E-state index in [1.165, 1.54) is 199 Å². The molecule has 0 bridgehead atoms. The Hall–Kier alpha value is -2.84. The molecule has 0 rings (SSSR count). The third kappa shape index (κ3) is 66.7. The average molecular weight is 1190 g/mol. The standard InChI is InChI=1S/C75H135N2O6P/c1-6-8-10-12-14-16-18-20-22-24-26-28-30-32-33-34-35-36-37-38-39-40-41-42-43-45-47-49-51-53-55-57-59-61-63-65-67-69-75(79)76-73(72-83-84(80,81)82-71-70-77(3,4)5)74(78)68-66-64-62-60-58-56-54-52-50-48-46-44-31-29-27-25-23-21-19-17-15-13-11-9-7-2/h8,10,14,16,20,22,26,28,32-33,35-36,38-39,41-42,66,68,73-74,78H,6-7,9,11-13,15,17-19,21,23-25,27,29-31,34,37,40,43-65,67,69-72H2,1-5H3,(H-,76,79,80,81)/b10-8-,16-14-,22-20-,28-26-,33-32-,36-35-,39-38-,42-41-,68-66+. The van der Waals surface area contributed by atoms with E-state index in [-0.39, 0.29) is 19.1 Å². The lowest BCUT2D eigenvalue weighted by atomic mass is 10.0. The van der Waals surface area contributed by atoms with Crippen LogP contribution in [0.2, 0.25) is 0 Å². The molecule has 0 radical (unpaired) electrons. The van der Waals surface area contributed by atoms with Gasteiger partial charge < -0.3 is 28.8 Å². The first-order valence-corrected chi connectivity index (χ1v) is 36.7. The van der Waals surface area contributed by atoms with Gasteiger partial charge in [-0.15, -0.1) is 0 Å². The van der Waals surface area contributed by atoms with Crippen LogP contribution in [-0.4, -0.2) is 68.5 Å². The van der Waals surface area contributed by atoms with Gasteiger partial charge in [0.15, 0.2) is 0 Å². The normalized spacial score (nSPS) is 14.3. The molecule has 3 unspecified atom stereocenters. The van der Waals surface area contributed by atoms with Gasteiger partial charge in [0.1, 0.15) is 13.2 Å². The molecule has 0 heterocycles. The predicted octanol–water partition coefficient (Wildman–Crippen LogP) is 22.0. The summed E-state index contributed by atoms with van der Waals surface area (Å²) in [5.74, 6) is -0.200. The van der Waals surface area contributed by atoms with Crippen LogP contribution in [0.4, 0.5) is 0 Å². The number of nitrogens with one attached hydrogen (secondary N) is 1. The zero-order valence-electron chi connectivity index (χ0n) is 55.6. The fourth-order valence-electron chi connectivity index (χ4n) is 10.1. The highest BCUT2D eigenvalue weighted by atomic mass is 31.2. The molecule has 0 fully saturated rings. The monoisotopic (exact) mass is 1190 g/mol. The van der Waals surface area contributed by atoms with Crippen molar-refractivity contribution in [3.63, 3.8) is 0 Å². The molecule has 2 N–H and O–H groups in total. The van der Waals surface area contributed by atoms with Crippen molar-refractivity contribution in [2.75, 3.05) is 40.9 Å². The molecule has 0 saturated carbocycles. The summed E-state index contributed by atoms with van der Waals surface area (Å²) < 4.78 is 23.5. The van der Waals surface area contributed by atoms with E-state index in [9.17, 15) is 19.4 Å². The van der Waals surface area contributed by atoms with Gasteiger partial charge >= 0.3 is 0 Å². The summed E-state index contributed by atoms with van der Waals surface area (Å²) in [5, 5.41) is 14.0. The molecule has 0 aromatic heterocycles. The molecule has 0 spiro atoms. The Kier molecular flexibility index (Phi) is 62.4. The summed E-state index contributed by atoms with van der Waals surface area (Å²) in [7, 11) is 1.26. The van der Waals surface area contributed by atoms with Crippen molar-refractivity contribution in [1.82, 2.24) is 5.32 Å². The van der Waals surface area contributed by atoms with Gasteiger partial charge in [-0.1, -0.05) is 329 Å². The number of amides is 1. The fraction of sp³-hybridized carbons (Fsp3) is 0.747. The smallest absolute Gasteiger partial charge is 0.268 e. The molecular formula is C75H135N2O6P. The van der Waals surface area contributed by atoms with E-state index in [0.717, 1.165) is 89.9 Å². The molecular weight excluding hydrogens is 1060 g/mol. The number of likely N-dealkylation sites (N-methyl/N-ethyl adjacent to an activating group) is 1. The summed E-state index contributed by atoms with van der Waals surface area (Å²) in [4.78, 5) is 25.6. The maximum Gasteiger partial charge on any atom is 0.268 e. The largest absolute Gasteiger partial charge is 0.756 e. The number of hydrogen-bond donors (Lipinski definition) is 2. The van der Waals surface area contributed by atoms with Crippen molar-refractivity contribution in [1.29, 1.82) is 0 Å². The van der Waals surface area contributed by atoms with Crippen molar-refractivity contribution in [2.24, 2.45) is 0 Å². The second kappa shape index (κ2) is 64.6. The fourth-order valence-corrected chi connectivity index (χ4v) is 10.8. The Morgan fingerprint density at radius 2 is 0.726 bits per heavy atom. The van der Waals surface area contributed by atoms with Crippen LogP contribution in [0.25, 0.3) is 0 Å². The van der Waals surface area contributed by atoms with E-state index in [1.807, 2.05) is 27.2 Å². The van der Waals surface area contributed by atoms with E-state index in [1.54, 1.807) is 6.08 Å². The lowest BCUT2D eigenvalue weighted by molar-refractivity contribution is -0.870. The van der Waals surface area contributed by atoms with E-state index in [2.05, 4.69) is 116 Å². The molecule has 0 aliphatic rings. The number of carbonyl (C=O) groups excluding carboxylic acids is 1. The minimum Gasteiger partial charge on any atom is -0.756 e. The van der Waals surface area contributed by atoms with Crippen LogP contribution in [0.3, 0.4) is 0 Å². The number of aliphatic hydroxyl groups excluding tert-OH is 1. The van der Waals surface area contributed by atoms with Crippen molar-refractivity contribution in [3.8, 4) is 0 Å². The summed E-state index contributed by atoms with van der Waals surface area (Å²) in [5.41, 5.74) is 0. The van der Waals surface area contributed by atoms with Crippen LogP contribution in [0.1, 0.15) is 309 Å². The zero-order chi connectivity index (χ0) is 61.2. The molecule has 0 aliphatic heterocycles. The topological polar surface area (TPSA) is 108 Å². The number of phosphoric acid groups is 1. The minimum atomic E-state index is -4.61. The van der Waals surface area contributed by atoms with Gasteiger partial charge in [0, 0.05) is 6.42 Å². The molecule has 8 nitrogen and oxygen atoms in total. The van der Waals surface area contributed by atoms with Crippen LogP contribution in [0.15, 0.2) is 109 Å². The predicted molar refractivity (Wildman–Crippen MR) is 366 cm³/mol. The number of allylic oxidation sites excluding steroid dienone is 17. The van der Waals surface area contributed by atoms with E-state index < -0.39 is 20.0 Å². The number of phosphoric ester groups is 1. The second-order valence-electron chi connectivity index (χ2n) is 24.9. The molecule has 0 aromatic carbocycles. The Bertz CT molecular complexity index is 1740. The highest BCUT2D eigenvalue weighted by Crippen LogP contribution is 2.38. The van der Waals surface area contributed by atoms with Gasteiger partial charge in [-0.25, -0.2) is 0 Å². The molecule has 3 atom stereocenters. The van der Waals surface area contributed by atoms with Gasteiger partial charge in [-0.05, 0) is 83.5 Å². The quantitative estimate of drug-likeness (QED) is 0.0272. The van der Waals surface area contributed by atoms with E-state index in [0.29, 0.717) is 17.4 Å². The Morgan fingerprint density at radius 1 is 0.429 bits per heavy atom. The SMILES string of the molecule is CC/C=C\C/C=C\C/C=C\C/C=C\C/C=C\C/C=C\C/C=C\C/C=C\CCCCCCCCCCCCCCC(=O)NC(COP(=O)([O-])OCC[N+](C)(C)C)C(O)/C=C/CCCCCCCCCCCCCCCCCCCCCCCCC. The summed E-state index contributed by atoms with van der Waals surface area (Å²) >= 11 is 0. The molecule has 486 valence electrons. The van der Waals surface area contributed by atoms with Gasteiger partial charge in [-0.2, -0.15) is 0 Å². The first-order chi connectivity index (χ1) is 41.0. The third-order valence-electron chi connectivity index (χ3n) is 15.5. The first kappa shape index (κ1) is 81.2. The first-order valence-electron chi connectivity index (χ1n) is 35.2. The lowest BCUT2D eigenvalue weighted by Crippen LogP contribution is -2.45. The van der Waals surface area contributed by atoms with Crippen LogP contribution in [0.5, 0.6) is 0 Å². The maximum absolute atomic E-state index is 13.0. The number of nitrogens with zero attached hydrogens (tertiary/aromatic N) is 1. The number of quaternary nitrogens is 1. The molecule has 0 saturated heterocycles. The Labute approximate surface area is 521 Å². The molecule has 9 heteroatoms. The highest BCUT2D eigenvalue weighted by Gasteiger charge is 2.23. The van der Waals surface area contributed by atoms with Crippen LogP contribution in [0, 0.1) is 0 Å². The lowest BCUT2D eigenvalue weighted by Gasteiger charge is -2.29. The zero-order valence-corrected chi connectivity index (χ0v) is 56.5. The van der Waals surface area contributed by atoms with Crippen LogP contribution in [-0.2, 0) is 18.4 Å². The van der Waals surface area contributed by atoms with Gasteiger partial charge in [0.25, 0.3) is 7.82 Å². The number of rotatable bonds is 64. The number of unbranched alkanes of at least 4 members (excludes halogenated alkanes) is 35. The van der Waals surface area contributed by atoms with Gasteiger partial charge in [-0.3, -0.25) is 9.36 Å². The highest BCUT2D eigenvalue weighted by molar-refractivity contribution is 7.45. The third-order valence-corrected chi connectivity index (χ3v) is 16.5. The van der Waals surface area contributed by atoms with Crippen molar-refractivity contribution < 1.29 is 32.9 Å². The molecule has 0 aliphatic carbocycles. The number of hydrogen-bond acceptors (Lipinski definition) is 6. The molecule has 1 amide bonds. The van der Waals surface area contributed by atoms with Crippen LogP contribution < -0.4 is 10.2 Å². The summed E-state index contributed by atoms with van der Waals surface area (Å²) in [6, 6.07) is -0.895. The average Bonchev–Trinajstić information content (AvgIpc) is 3.56. The Balaban J connectivity index is 4.10. The van der Waals surface area contributed by atoms with E-state index in [4.69, 9.17) is 9.05 Å². The van der Waals surface area contributed by atoms with Gasteiger partial charge in [0.05, 0.1) is 39.9 Å².